The van der Waals surface area contributed by atoms with Crippen molar-refractivity contribution in [3.8, 4) is 0 Å². The molecule has 0 fully saturated rings. The molecule has 1 heterocycles. The Kier molecular flexibility index (Phi) is 4.53. The summed E-state index contributed by atoms with van der Waals surface area (Å²) in [5.41, 5.74) is 2.73. The number of benzene rings is 1. The molecule has 0 saturated heterocycles. The molecule has 96 valence electrons. The molecule has 1 aromatic carbocycles. The second-order valence-electron chi connectivity index (χ2n) is 4.84. The Morgan fingerprint density at radius 3 is 2.61 bits per heavy atom. The molecular formula is C15H21N3. The number of rotatable bonds is 6. The van der Waals surface area contributed by atoms with Crippen LogP contribution in [0.15, 0.2) is 42.7 Å². The Bertz CT molecular complexity index is 443. The van der Waals surface area contributed by atoms with Crippen LogP contribution in [-0.4, -0.2) is 16.3 Å². The van der Waals surface area contributed by atoms with Crippen molar-refractivity contribution in [1.29, 1.82) is 0 Å². The van der Waals surface area contributed by atoms with Crippen molar-refractivity contribution in [3.63, 3.8) is 0 Å². The van der Waals surface area contributed by atoms with Crippen LogP contribution in [0.5, 0.6) is 0 Å². The Balaban J connectivity index is 1.73. The highest BCUT2D eigenvalue weighted by Gasteiger charge is 1.98. The van der Waals surface area contributed by atoms with Crippen molar-refractivity contribution in [2.24, 2.45) is 0 Å². The molecule has 0 unspecified atom stereocenters. The minimum atomic E-state index is 0.604. The van der Waals surface area contributed by atoms with Gasteiger partial charge in [0.1, 0.15) is 0 Å². The summed E-state index contributed by atoms with van der Waals surface area (Å²) in [5.74, 6) is 0.604. The number of nitrogens with one attached hydrogen (secondary N) is 1. The molecule has 1 aromatic heterocycles. The summed E-state index contributed by atoms with van der Waals surface area (Å²) in [6.45, 7) is 7.21. The lowest BCUT2D eigenvalue weighted by Crippen LogP contribution is -2.19. The van der Waals surface area contributed by atoms with E-state index >= 15 is 0 Å². The van der Waals surface area contributed by atoms with Crippen molar-refractivity contribution >= 4 is 0 Å². The average Bonchev–Trinajstić information content (AvgIpc) is 2.88. The third-order valence-corrected chi connectivity index (χ3v) is 3.05. The van der Waals surface area contributed by atoms with E-state index < -0.39 is 0 Å². The van der Waals surface area contributed by atoms with Crippen molar-refractivity contribution in [2.75, 3.05) is 6.54 Å². The Morgan fingerprint density at radius 1 is 1.22 bits per heavy atom. The molecular weight excluding hydrogens is 222 g/mol. The number of hydrogen-bond acceptors (Lipinski definition) is 2. The third-order valence-electron chi connectivity index (χ3n) is 3.05. The molecule has 0 amide bonds. The lowest BCUT2D eigenvalue weighted by atomic mass is 10.0. The van der Waals surface area contributed by atoms with Gasteiger partial charge in [0.15, 0.2) is 0 Å². The van der Waals surface area contributed by atoms with Crippen LogP contribution in [-0.2, 0) is 13.1 Å². The standard InChI is InChI=1S/C15H21N3/c1-13(2)15-6-4-14(5-7-15)12-16-9-11-18-10-3-8-17-18/h3-8,10,13,16H,9,11-12H2,1-2H3. The molecule has 18 heavy (non-hydrogen) atoms. The van der Waals surface area contributed by atoms with Crippen LogP contribution in [0.25, 0.3) is 0 Å². The summed E-state index contributed by atoms with van der Waals surface area (Å²) >= 11 is 0. The molecule has 3 heteroatoms. The van der Waals surface area contributed by atoms with Crippen molar-refractivity contribution in [1.82, 2.24) is 15.1 Å². The minimum Gasteiger partial charge on any atom is -0.311 e. The molecule has 1 N–H and O–H groups in total. The zero-order valence-corrected chi connectivity index (χ0v) is 11.1. The topological polar surface area (TPSA) is 29.9 Å². The number of hydrogen-bond donors (Lipinski definition) is 1. The maximum absolute atomic E-state index is 4.17. The number of nitrogens with zero attached hydrogens (tertiary/aromatic N) is 2. The summed E-state index contributed by atoms with van der Waals surface area (Å²) in [4.78, 5) is 0. The van der Waals surface area contributed by atoms with Crippen LogP contribution >= 0.6 is 0 Å². The lowest BCUT2D eigenvalue weighted by molar-refractivity contribution is 0.555. The van der Waals surface area contributed by atoms with Gasteiger partial charge in [0.05, 0.1) is 6.54 Å². The minimum absolute atomic E-state index is 0.604. The fourth-order valence-electron chi connectivity index (χ4n) is 1.88. The molecule has 0 atom stereocenters. The second kappa shape index (κ2) is 6.36. The van der Waals surface area contributed by atoms with Gasteiger partial charge < -0.3 is 5.32 Å². The van der Waals surface area contributed by atoms with E-state index in [9.17, 15) is 0 Å². The van der Waals surface area contributed by atoms with E-state index in [1.54, 1.807) is 0 Å². The second-order valence-corrected chi connectivity index (χ2v) is 4.84. The van der Waals surface area contributed by atoms with E-state index in [-0.39, 0.29) is 0 Å². The van der Waals surface area contributed by atoms with Gasteiger partial charge in [-0.3, -0.25) is 4.68 Å². The molecule has 2 rings (SSSR count). The summed E-state index contributed by atoms with van der Waals surface area (Å²) in [5, 5.41) is 7.60. The zero-order valence-electron chi connectivity index (χ0n) is 11.1. The smallest absolute Gasteiger partial charge is 0.0534 e. The summed E-state index contributed by atoms with van der Waals surface area (Å²) < 4.78 is 1.94. The van der Waals surface area contributed by atoms with E-state index in [4.69, 9.17) is 0 Å². The molecule has 2 aromatic rings. The van der Waals surface area contributed by atoms with Gasteiger partial charge in [0.25, 0.3) is 0 Å². The quantitative estimate of drug-likeness (QED) is 0.791. The maximum atomic E-state index is 4.17. The molecule has 0 aliphatic rings. The maximum Gasteiger partial charge on any atom is 0.0534 e. The molecule has 3 nitrogen and oxygen atoms in total. The molecule has 0 aliphatic heterocycles. The van der Waals surface area contributed by atoms with Gasteiger partial charge in [-0.1, -0.05) is 38.1 Å². The van der Waals surface area contributed by atoms with Gasteiger partial charge in [-0.15, -0.1) is 0 Å². The molecule has 0 bridgehead atoms. The van der Waals surface area contributed by atoms with E-state index in [0.29, 0.717) is 5.92 Å². The van der Waals surface area contributed by atoms with Gasteiger partial charge in [-0.25, -0.2) is 0 Å². The summed E-state index contributed by atoms with van der Waals surface area (Å²) in [7, 11) is 0. The van der Waals surface area contributed by atoms with Crippen molar-refractivity contribution in [3.05, 3.63) is 53.9 Å². The van der Waals surface area contributed by atoms with E-state index in [1.807, 2.05) is 23.1 Å². The third kappa shape index (κ3) is 3.70. The van der Waals surface area contributed by atoms with E-state index in [0.717, 1.165) is 19.6 Å². The van der Waals surface area contributed by atoms with Gasteiger partial charge >= 0.3 is 0 Å². The van der Waals surface area contributed by atoms with Gasteiger partial charge in [-0.05, 0) is 23.1 Å². The molecule has 0 saturated carbocycles. The zero-order chi connectivity index (χ0) is 12.8. The van der Waals surface area contributed by atoms with Crippen LogP contribution in [0.2, 0.25) is 0 Å². The largest absolute Gasteiger partial charge is 0.311 e. The highest BCUT2D eigenvalue weighted by Crippen LogP contribution is 2.14. The predicted octanol–water partition coefficient (Wildman–Crippen LogP) is 2.80. The Hall–Kier alpha value is -1.61. The first-order chi connectivity index (χ1) is 8.75. The predicted molar refractivity (Wildman–Crippen MR) is 74.5 cm³/mol. The van der Waals surface area contributed by atoms with Crippen LogP contribution in [0.4, 0.5) is 0 Å². The monoisotopic (exact) mass is 243 g/mol. The van der Waals surface area contributed by atoms with Crippen LogP contribution in [0.3, 0.4) is 0 Å². The normalized spacial score (nSPS) is 11.1. The van der Waals surface area contributed by atoms with Crippen LogP contribution in [0.1, 0.15) is 30.9 Å². The summed E-state index contributed by atoms with van der Waals surface area (Å²) in [6.07, 6.45) is 3.80. The fraction of sp³-hybridized carbons (Fsp3) is 0.400. The van der Waals surface area contributed by atoms with Gasteiger partial charge in [0, 0.05) is 25.5 Å². The van der Waals surface area contributed by atoms with Crippen LogP contribution in [0, 0.1) is 0 Å². The first kappa shape index (κ1) is 12.8. The lowest BCUT2D eigenvalue weighted by Gasteiger charge is -2.08. The highest BCUT2D eigenvalue weighted by atomic mass is 15.3. The molecule has 0 spiro atoms. The average molecular weight is 243 g/mol. The fourth-order valence-corrected chi connectivity index (χ4v) is 1.88. The van der Waals surface area contributed by atoms with Crippen molar-refractivity contribution in [2.45, 2.75) is 32.9 Å². The van der Waals surface area contributed by atoms with E-state index in [2.05, 4.69) is 48.5 Å². The van der Waals surface area contributed by atoms with Crippen molar-refractivity contribution < 1.29 is 0 Å². The number of aromatic nitrogens is 2. The molecule has 0 radical (unpaired) electrons. The first-order valence-electron chi connectivity index (χ1n) is 6.52. The van der Waals surface area contributed by atoms with Gasteiger partial charge in [0.2, 0.25) is 0 Å². The van der Waals surface area contributed by atoms with Gasteiger partial charge in [-0.2, -0.15) is 5.10 Å². The first-order valence-corrected chi connectivity index (χ1v) is 6.52. The SMILES string of the molecule is CC(C)c1ccc(CNCCn2cccn2)cc1. The summed E-state index contributed by atoms with van der Waals surface area (Å²) in [6, 6.07) is 10.8. The Morgan fingerprint density at radius 2 is 2.00 bits per heavy atom. The van der Waals surface area contributed by atoms with E-state index in [1.165, 1.54) is 11.1 Å². The highest BCUT2D eigenvalue weighted by molar-refractivity contribution is 5.24. The van der Waals surface area contributed by atoms with Crippen LogP contribution < -0.4 is 5.32 Å². The Labute approximate surface area is 109 Å². The molecule has 0 aliphatic carbocycles.